The van der Waals surface area contributed by atoms with E-state index in [1.165, 1.54) is 31.0 Å². The summed E-state index contributed by atoms with van der Waals surface area (Å²) in [5.41, 5.74) is 1.36. The number of nitrogens with zero attached hydrogens (tertiary/aromatic N) is 1. The van der Waals surface area contributed by atoms with Crippen LogP contribution in [0.25, 0.3) is 0 Å². The molecule has 2 aliphatic heterocycles. The second-order valence-corrected chi connectivity index (χ2v) is 16.7. The summed E-state index contributed by atoms with van der Waals surface area (Å²) in [6.45, 7) is 8.03. The summed E-state index contributed by atoms with van der Waals surface area (Å²) in [7, 11) is -7.07. The van der Waals surface area contributed by atoms with E-state index in [2.05, 4.69) is 10.2 Å². The molecule has 1 aliphatic carbocycles. The van der Waals surface area contributed by atoms with Crippen LogP contribution < -0.4 is 10.2 Å². The van der Waals surface area contributed by atoms with Gasteiger partial charge in [-0.1, -0.05) is 26.8 Å². The monoisotopic (exact) mass is 574 g/mol. The molecule has 3 aliphatic rings. The van der Waals surface area contributed by atoms with Gasteiger partial charge in [0.05, 0.1) is 45.8 Å². The van der Waals surface area contributed by atoms with Crippen LogP contribution in [-0.4, -0.2) is 60.6 Å². The van der Waals surface area contributed by atoms with Gasteiger partial charge in [-0.05, 0) is 72.9 Å². The number of anilines is 2. The minimum absolute atomic E-state index is 0.00650. The molecule has 1 saturated carbocycles. The summed E-state index contributed by atoms with van der Waals surface area (Å²) in [6, 6.07) is 11.0. The van der Waals surface area contributed by atoms with Crippen molar-refractivity contribution in [2.75, 3.05) is 48.0 Å². The number of ether oxygens (including phenoxy) is 1. The summed E-state index contributed by atoms with van der Waals surface area (Å²) in [5.74, 6) is -0.399. The van der Waals surface area contributed by atoms with E-state index in [-0.39, 0.29) is 27.2 Å². The number of hydrogen-bond donors (Lipinski definition) is 1. The van der Waals surface area contributed by atoms with Gasteiger partial charge in [0, 0.05) is 24.7 Å². The predicted octanol–water partition coefficient (Wildman–Crippen LogP) is 4.56. The van der Waals surface area contributed by atoms with Gasteiger partial charge in [0.25, 0.3) is 5.91 Å². The summed E-state index contributed by atoms with van der Waals surface area (Å²) in [6.07, 6.45) is 4.53. The molecule has 3 fully saturated rings. The van der Waals surface area contributed by atoms with Crippen LogP contribution in [0.15, 0.2) is 52.3 Å². The van der Waals surface area contributed by atoms with Crippen LogP contribution in [-0.2, 0) is 24.4 Å². The molecule has 0 radical (unpaired) electrons. The van der Waals surface area contributed by atoms with Crippen LogP contribution in [0, 0.1) is 16.7 Å². The van der Waals surface area contributed by atoms with Crippen molar-refractivity contribution in [1.29, 1.82) is 0 Å². The third kappa shape index (κ3) is 6.49. The van der Waals surface area contributed by atoms with Crippen molar-refractivity contribution in [3.63, 3.8) is 0 Å². The minimum Gasteiger partial charge on any atom is -0.381 e. The first-order chi connectivity index (χ1) is 18.3. The molecular formula is C29H38N2O6S2. The van der Waals surface area contributed by atoms with Crippen LogP contribution in [0.4, 0.5) is 11.4 Å². The summed E-state index contributed by atoms with van der Waals surface area (Å²) in [5, 5.41) is 2.85. The third-order valence-electron chi connectivity index (χ3n) is 7.93. The first-order valence-electron chi connectivity index (χ1n) is 13.6. The normalized spacial score (nSPS) is 19.5. The van der Waals surface area contributed by atoms with Crippen molar-refractivity contribution in [3.05, 3.63) is 48.0 Å². The number of carbonyl (C=O) groups excluding carboxylic acids is 1. The molecule has 39 heavy (non-hydrogen) atoms. The maximum atomic E-state index is 13.5. The van der Waals surface area contributed by atoms with Gasteiger partial charge < -0.3 is 15.0 Å². The molecule has 2 heterocycles. The molecule has 2 aromatic rings. The van der Waals surface area contributed by atoms with Gasteiger partial charge in [-0.15, -0.1) is 0 Å². The lowest BCUT2D eigenvalue weighted by molar-refractivity contribution is -0.0204. The molecule has 2 aromatic carbocycles. The highest BCUT2D eigenvalue weighted by molar-refractivity contribution is 7.91. The van der Waals surface area contributed by atoms with Gasteiger partial charge in [-0.25, -0.2) is 16.8 Å². The fourth-order valence-corrected chi connectivity index (χ4v) is 8.93. The van der Waals surface area contributed by atoms with Gasteiger partial charge >= 0.3 is 0 Å². The van der Waals surface area contributed by atoms with Crippen molar-refractivity contribution in [3.8, 4) is 0 Å². The highest BCUT2D eigenvalue weighted by atomic mass is 32.2. The highest BCUT2D eigenvalue weighted by Crippen LogP contribution is 2.54. The molecule has 212 valence electrons. The predicted molar refractivity (Wildman–Crippen MR) is 152 cm³/mol. The van der Waals surface area contributed by atoms with E-state index in [0.717, 1.165) is 25.9 Å². The number of carbonyl (C=O) groups is 1. The van der Waals surface area contributed by atoms with E-state index in [1.807, 2.05) is 20.8 Å². The molecule has 1 N–H and O–H groups in total. The zero-order valence-corrected chi connectivity index (χ0v) is 24.5. The van der Waals surface area contributed by atoms with E-state index in [1.54, 1.807) is 24.3 Å². The van der Waals surface area contributed by atoms with Crippen LogP contribution >= 0.6 is 0 Å². The molecule has 8 nitrogen and oxygen atoms in total. The molecule has 0 bridgehead atoms. The van der Waals surface area contributed by atoms with E-state index in [4.69, 9.17) is 4.74 Å². The Kier molecular flexibility index (Phi) is 7.35. The Morgan fingerprint density at radius 1 is 0.949 bits per heavy atom. The van der Waals surface area contributed by atoms with E-state index < -0.39 is 31.0 Å². The summed E-state index contributed by atoms with van der Waals surface area (Å²) < 4.78 is 57.3. The maximum Gasteiger partial charge on any atom is 0.257 e. The van der Waals surface area contributed by atoms with Crippen LogP contribution in [0.1, 0.15) is 56.8 Å². The number of amides is 1. The van der Waals surface area contributed by atoms with Crippen molar-refractivity contribution in [1.82, 2.24) is 0 Å². The van der Waals surface area contributed by atoms with Gasteiger partial charge in [-0.2, -0.15) is 0 Å². The quantitative estimate of drug-likeness (QED) is 0.492. The lowest BCUT2D eigenvalue weighted by atomic mass is 9.93. The second-order valence-electron chi connectivity index (χ2n) is 12.7. The Balaban J connectivity index is 1.42. The topological polar surface area (TPSA) is 110 Å². The SMILES string of the molecule is CC(C)(C)CS(=O)(=O)c1cccc(NC(=O)c2ccc(S(=O)(=O)CC3COC3)cc2N2CCC3(CC2)CC3)c1. The molecule has 0 unspecified atom stereocenters. The molecule has 0 aromatic heterocycles. The van der Waals surface area contributed by atoms with E-state index >= 15 is 0 Å². The largest absolute Gasteiger partial charge is 0.381 e. The Morgan fingerprint density at radius 3 is 2.21 bits per heavy atom. The van der Waals surface area contributed by atoms with E-state index in [0.29, 0.717) is 35.6 Å². The lowest BCUT2D eigenvalue weighted by Crippen LogP contribution is -2.36. The number of sulfone groups is 2. The zero-order valence-electron chi connectivity index (χ0n) is 22.9. The average Bonchev–Trinajstić information content (AvgIpc) is 3.59. The molecular weight excluding hydrogens is 536 g/mol. The van der Waals surface area contributed by atoms with Gasteiger partial charge in [0.1, 0.15) is 0 Å². The molecule has 1 spiro atoms. The van der Waals surface area contributed by atoms with E-state index in [9.17, 15) is 21.6 Å². The standard InChI is InChI=1S/C29H38N2O6S2/c1-28(2,3)20-39(35,36)23-6-4-5-22(15-23)30-27(32)25-8-7-24(38(33,34)19-21-17-37-18-21)16-26(25)31-13-11-29(9-10-29)12-14-31/h4-8,15-16,21H,9-14,17-20H2,1-3H3,(H,30,32). The van der Waals surface area contributed by atoms with Crippen molar-refractivity contribution >= 4 is 37.0 Å². The summed E-state index contributed by atoms with van der Waals surface area (Å²) in [4.78, 5) is 16.0. The van der Waals surface area contributed by atoms with Crippen molar-refractivity contribution in [2.45, 2.75) is 56.2 Å². The number of nitrogens with one attached hydrogen (secondary N) is 1. The Bertz CT molecular complexity index is 1460. The summed E-state index contributed by atoms with van der Waals surface area (Å²) >= 11 is 0. The molecule has 10 heteroatoms. The smallest absolute Gasteiger partial charge is 0.257 e. The highest BCUT2D eigenvalue weighted by Gasteiger charge is 2.44. The molecule has 2 saturated heterocycles. The lowest BCUT2D eigenvalue weighted by Gasteiger charge is -2.35. The molecule has 1 amide bonds. The van der Waals surface area contributed by atoms with Crippen LogP contribution in [0.2, 0.25) is 0 Å². The fourth-order valence-electron chi connectivity index (χ4n) is 5.46. The zero-order chi connectivity index (χ0) is 28.1. The first-order valence-corrected chi connectivity index (χ1v) is 16.9. The fraction of sp³-hybridized carbons (Fsp3) is 0.552. The Hall–Kier alpha value is -2.43. The van der Waals surface area contributed by atoms with Gasteiger partial charge in [0.15, 0.2) is 19.7 Å². The second kappa shape index (κ2) is 10.2. The van der Waals surface area contributed by atoms with Crippen LogP contribution in [0.3, 0.4) is 0 Å². The van der Waals surface area contributed by atoms with Crippen molar-refractivity contribution in [2.24, 2.45) is 16.7 Å². The van der Waals surface area contributed by atoms with Crippen molar-refractivity contribution < 1.29 is 26.4 Å². The van der Waals surface area contributed by atoms with Crippen LogP contribution in [0.5, 0.6) is 0 Å². The Morgan fingerprint density at radius 2 is 1.62 bits per heavy atom. The minimum atomic E-state index is -3.54. The molecule has 0 atom stereocenters. The Labute approximate surface area is 232 Å². The number of benzene rings is 2. The number of piperidine rings is 1. The van der Waals surface area contributed by atoms with Gasteiger partial charge in [0.2, 0.25) is 0 Å². The van der Waals surface area contributed by atoms with Gasteiger partial charge in [-0.3, -0.25) is 4.79 Å². The average molecular weight is 575 g/mol. The maximum absolute atomic E-state index is 13.5. The first kappa shape index (κ1) is 28.1. The number of rotatable bonds is 8. The number of hydrogen-bond acceptors (Lipinski definition) is 7. The molecule has 5 rings (SSSR count). The third-order valence-corrected chi connectivity index (χ3v) is 12.0.